The van der Waals surface area contributed by atoms with Gasteiger partial charge in [-0.3, -0.25) is 9.59 Å². The molecule has 2 rings (SSSR count). The molecular formula is C17H18N2O6. The molecule has 0 saturated carbocycles. The zero-order valence-electron chi connectivity index (χ0n) is 13.8. The lowest BCUT2D eigenvalue weighted by Gasteiger charge is -2.07. The van der Waals surface area contributed by atoms with Crippen LogP contribution in [0, 0.1) is 6.92 Å². The van der Waals surface area contributed by atoms with Crippen molar-refractivity contribution < 1.29 is 28.6 Å². The molecular weight excluding hydrogens is 328 g/mol. The molecule has 0 saturated heterocycles. The summed E-state index contributed by atoms with van der Waals surface area (Å²) < 4.78 is 10.1. The number of nitrogens with one attached hydrogen (secondary N) is 2. The Morgan fingerprint density at radius 3 is 2.24 bits per heavy atom. The quantitative estimate of drug-likeness (QED) is 0.687. The summed E-state index contributed by atoms with van der Waals surface area (Å²) in [5, 5.41) is 14.1. The third-order valence-electron chi connectivity index (χ3n) is 3.17. The van der Waals surface area contributed by atoms with Crippen LogP contribution in [0.25, 0.3) is 0 Å². The summed E-state index contributed by atoms with van der Waals surface area (Å²) in [4.78, 5) is 34.7. The number of aliphatic hydroxyl groups excluding tert-OH is 1. The molecule has 3 N–H and O–H groups in total. The molecule has 1 aromatic carbocycles. The normalized spacial score (nSPS) is 10.2. The van der Waals surface area contributed by atoms with Crippen LogP contribution < -0.4 is 10.6 Å². The topological polar surface area (TPSA) is 118 Å². The number of benzene rings is 1. The average molecular weight is 346 g/mol. The van der Waals surface area contributed by atoms with E-state index in [-0.39, 0.29) is 23.8 Å². The largest absolute Gasteiger partial charge is 0.463 e. The molecule has 25 heavy (non-hydrogen) atoms. The SMILES string of the molecule is CC(=O)Nc1ccc(NC(=O)COC(=O)c2cc(CO)oc2C)cc1. The molecule has 0 aliphatic heterocycles. The molecule has 0 aliphatic carbocycles. The van der Waals surface area contributed by atoms with Crippen LogP contribution in [0.5, 0.6) is 0 Å². The highest BCUT2D eigenvalue weighted by atomic mass is 16.5. The van der Waals surface area contributed by atoms with Crippen molar-refractivity contribution in [2.75, 3.05) is 17.2 Å². The fraction of sp³-hybridized carbons (Fsp3) is 0.235. The summed E-state index contributed by atoms with van der Waals surface area (Å²) in [5.74, 6) is -0.861. The molecule has 0 bridgehead atoms. The molecule has 132 valence electrons. The van der Waals surface area contributed by atoms with E-state index in [2.05, 4.69) is 10.6 Å². The highest BCUT2D eigenvalue weighted by Crippen LogP contribution is 2.16. The highest BCUT2D eigenvalue weighted by molar-refractivity contribution is 5.96. The number of aliphatic hydroxyl groups is 1. The number of amides is 2. The van der Waals surface area contributed by atoms with Crippen LogP contribution in [0.4, 0.5) is 11.4 Å². The number of hydrogen-bond donors (Lipinski definition) is 3. The van der Waals surface area contributed by atoms with Gasteiger partial charge in [0.15, 0.2) is 6.61 Å². The second kappa shape index (κ2) is 8.11. The van der Waals surface area contributed by atoms with E-state index < -0.39 is 18.5 Å². The molecule has 0 fully saturated rings. The summed E-state index contributed by atoms with van der Waals surface area (Å²) in [6, 6.07) is 7.86. The monoisotopic (exact) mass is 346 g/mol. The van der Waals surface area contributed by atoms with E-state index in [9.17, 15) is 14.4 Å². The lowest BCUT2D eigenvalue weighted by Crippen LogP contribution is -2.21. The maximum atomic E-state index is 11.9. The molecule has 8 heteroatoms. The fourth-order valence-corrected chi connectivity index (χ4v) is 2.07. The predicted molar refractivity (Wildman–Crippen MR) is 89.0 cm³/mol. The van der Waals surface area contributed by atoms with Gasteiger partial charge in [0.05, 0.1) is 0 Å². The van der Waals surface area contributed by atoms with Crippen molar-refractivity contribution in [3.8, 4) is 0 Å². The van der Waals surface area contributed by atoms with Crippen LogP contribution in [0.1, 0.15) is 28.8 Å². The van der Waals surface area contributed by atoms with E-state index in [0.29, 0.717) is 17.1 Å². The Labute approximate surface area is 143 Å². The Morgan fingerprint density at radius 2 is 1.72 bits per heavy atom. The third kappa shape index (κ3) is 5.18. The van der Waals surface area contributed by atoms with E-state index in [0.717, 1.165) is 0 Å². The van der Waals surface area contributed by atoms with Crippen molar-refractivity contribution in [2.24, 2.45) is 0 Å². The van der Waals surface area contributed by atoms with Gasteiger partial charge < -0.3 is 24.9 Å². The van der Waals surface area contributed by atoms with Gasteiger partial charge in [0, 0.05) is 18.3 Å². The van der Waals surface area contributed by atoms with Crippen LogP contribution in [0.3, 0.4) is 0 Å². The van der Waals surface area contributed by atoms with E-state index in [1.165, 1.54) is 13.0 Å². The van der Waals surface area contributed by atoms with Crippen LogP contribution in [0.2, 0.25) is 0 Å². The van der Waals surface area contributed by atoms with Crippen molar-refractivity contribution in [3.63, 3.8) is 0 Å². The number of furan rings is 1. The van der Waals surface area contributed by atoms with Gasteiger partial charge in [-0.2, -0.15) is 0 Å². The summed E-state index contributed by atoms with van der Waals surface area (Å²) in [6.45, 7) is 2.16. The lowest BCUT2D eigenvalue weighted by molar-refractivity contribution is -0.119. The summed E-state index contributed by atoms with van der Waals surface area (Å²) >= 11 is 0. The first-order valence-electron chi connectivity index (χ1n) is 7.44. The van der Waals surface area contributed by atoms with Crippen LogP contribution in [0.15, 0.2) is 34.7 Å². The van der Waals surface area contributed by atoms with Crippen molar-refractivity contribution in [1.82, 2.24) is 0 Å². The van der Waals surface area contributed by atoms with E-state index in [1.54, 1.807) is 31.2 Å². The molecule has 1 aromatic heterocycles. The Balaban J connectivity index is 1.86. The molecule has 1 heterocycles. The number of esters is 1. The molecule has 0 atom stereocenters. The van der Waals surface area contributed by atoms with Crippen LogP contribution in [-0.2, 0) is 20.9 Å². The minimum Gasteiger partial charge on any atom is -0.463 e. The minimum absolute atomic E-state index is 0.163. The van der Waals surface area contributed by atoms with Crippen LogP contribution >= 0.6 is 0 Å². The number of aryl methyl sites for hydroxylation is 1. The van der Waals surface area contributed by atoms with E-state index in [1.807, 2.05) is 0 Å². The van der Waals surface area contributed by atoms with Gasteiger partial charge in [-0.25, -0.2) is 4.79 Å². The molecule has 2 amide bonds. The van der Waals surface area contributed by atoms with Gasteiger partial charge in [0.2, 0.25) is 5.91 Å². The smallest absolute Gasteiger partial charge is 0.342 e. The molecule has 0 unspecified atom stereocenters. The van der Waals surface area contributed by atoms with Crippen molar-refractivity contribution in [2.45, 2.75) is 20.5 Å². The zero-order valence-corrected chi connectivity index (χ0v) is 13.8. The Kier molecular flexibility index (Phi) is 5.91. The molecule has 0 aliphatic rings. The summed E-state index contributed by atoms with van der Waals surface area (Å²) in [7, 11) is 0. The molecule has 8 nitrogen and oxygen atoms in total. The Morgan fingerprint density at radius 1 is 1.12 bits per heavy atom. The second-order valence-electron chi connectivity index (χ2n) is 5.22. The number of ether oxygens (including phenoxy) is 1. The first-order chi connectivity index (χ1) is 11.9. The van der Waals surface area contributed by atoms with E-state index in [4.69, 9.17) is 14.3 Å². The molecule has 2 aromatic rings. The highest BCUT2D eigenvalue weighted by Gasteiger charge is 2.17. The van der Waals surface area contributed by atoms with Crippen molar-refractivity contribution in [1.29, 1.82) is 0 Å². The predicted octanol–water partition coefficient (Wildman–Crippen LogP) is 1.83. The number of carbonyl (C=O) groups is 3. The first-order valence-corrected chi connectivity index (χ1v) is 7.44. The Hall–Kier alpha value is -3.13. The fourth-order valence-electron chi connectivity index (χ4n) is 2.07. The molecule has 0 radical (unpaired) electrons. The van der Waals surface area contributed by atoms with Gasteiger partial charge in [-0.1, -0.05) is 0 Å². The second-order valence-corrected chi connectivity index (χ2v) is 5.22. The van der Waals surface area contributed by atoms with E-state index >= 15 is 0 Å². The van der Waals surface area contributed by atoms with Gasteiger partial charge in [-0.05, 0) is 37.3 Å². The number of anilines is 2. The lowest BCUT2D eigenvalue weighted by atomic mass is 10.2. The van der Waals surface area contributed by atoms with Gasteiger partial charge >= 0.3 is 5.97 Å². The Bertz CT molecular complexity index is 779. The van der Waals surface area contributed by atoms with Crippen LogP contribution in [-0.4, -0.2) is 29.5 Å². The van der Waals surface area contributed by atoms with Gasteiger partial charge in [0.25, 0.3) is 5.91 Å². The van der Waals surface area contributed by atoms with Crippen molar-refractivity contribution in [3.05, 3.63) is 47.4 Å². The maximum Gasteiger partial charge on any atom is 0.342 e. The zero-order chi connectivity index (χ0) is 18.4. The maximum absolute atomic E-state index is 11.9. The van der Waals surface area contributed by atoms with Gasteiger partial charge in [0.1, 0.15) is 23.7 Å². The summed E-state index contributed by atoms with van der Waals surface area (Å²) in [5.41, 5.74) is 1.26. The van der Waals surface area contributed by atoms with Crippen molar-refractivity contribution >= 4 is 29.2 Å². The number of rotatable bonds is 6. The first kappa shape index (κ1) is 18.2. The summed E-state index contributed by atoms with van der Waals surface area (Å²) in [6.07, 6.45) is 0. The third-order valence-corrected chi connectivity index (χ3v) is 3.17. The van der Waals surface area contributed by atoms with Gasteiger partial charge in [-0.15, -0.1) is 0 Å². The molecule has 0 spiro atoms. The average Bonchev–Trinajstić information content (AvgIpc) is 2.95. The number of hydrogen-bond acceptors (Lipinski definition) is 6. The number of carbonyl (C=O) groups excluding carboxylic acids is 3. The standard InChI is InChI=1S/C17H18N2O6/c1-10-15(7-14(8-20)25-10)17(23)24-9-16(22)19-13-5-3-12(4-6-13)18-11(2)21/h3-7,20H,8-9H2,1-2H3,(H,18,21)(H,19,22). The minimum atomic E-state index is -0.711.